The lowest BCUT2D eigenvalue weighted by molar-refractivity contribution is -0.149. The largest absolute Gasteiger partial charge is 0.493 e. The fourth-order valence-electron chi connectivity index (χ4n) is 2.62. The van der Waals surface area contributed by atoms with Gasteiger partial charge in [-0.15, -0.1) is 0 Å². The first kappa shape index (κ1) is 26.6. The maximum atomic E-state index is 12.8. The lowest BCUT2D eigenvalue weighted by Gasteiger charge is -2.18. The van der Waals surface area contributed by atoms with E-state index in [4.69, 9.17) is 29.9 Å². The Kier molecular flexibility index (Phi) is 10.9. The Balaban J connectivity index is 3.03. The molecule has 1 aromatic rings. The van der Waals surface area contributed by atoms with Gasteiger partial charge in [0.05, 0.1) is 21.3 Å². The van der Waals surface area contributed by atoms with Gasteiger partial charge in [-0.05, 0) is 37.5 Å². The van der Waals surface area contributed by atoms with E-state index >= 15 is 0 Å². The quantitative estimate of drug-likeness (QED) is 0.264. The van der Waals surface area contributed by atoms with Gasteiger partial charge >= 0.3 is 5.97 Å². The summed E-state index contributed by atoms with van der Waals surface area (Å²) < 4.78 is 20.8. The monoisotopic (exact) mass is 465 g/mol. The number of nitriles is 1. The zero-order valence-electron chi connectivity index (χ0n) is 18.6. The van der Waals surface area contributed by atoms with E-state index in [1.165, 1.54) is 52.1 Å². The molecule has 32 heavy (non-hydrogen) atoms. The molecular weight excluding hydrogens is 438 g/mol. The normalized spacial score (nSPS) is 12.0. The number of ether oxygens (including phenoxy) is 4. The van der Waals surface area contributed by atoms with Crippen molar-refractivity contribution in [3.05, 3.63) is 29.0 Å². The number of thioether (sulfide) groups is 1. The van der Waals surface area contributed by atoms with Crippen LogP contribution in [0.1, 0.15) is 23.7 Å². The van der Waals surface area contributed by atoms with Crippen molar-refractivity contribution in [2.24, 2.45) is 5.73 Å². The fourth-order valence-corrected chi connectivity index (χ4v) is 3.09. The highest BCUT2D eigenvalue weighted by atomic mass is 32.2. The number of allylic oxidation sites excluding steroid dienone is 1. The molecule has 174 valence electrons. The van der Waals surface area contributed by atoms with Crippen molar-refractivity contribution in [1.82, 2.24) is 5.32 Å². The molecule has 0 aliphatic rings. The average molecular weight is 466 g/mol. The third-order valence-corrected chi connectivity index (χ3v) is 4.90. The standard InChI is InChI=1S/C21H27N3O7S/c1-12(23)14(10-22)16(25)11-31-21(27)15(6-7-32-5)24-20(26)13-8-17(28-2)19(30-4)18(9-13)29-3/h8-9,15H,6-7,11,23H2,1-5H3,(H,24,26)/b14-12+. The molecule has 0 aromatic heterocycles. The average Bonchev–Trinajstić information content (AvgIpc) is 2.78. The van der Waals surface area contributed by atoms with Crippen LogP contribution in [0, 0.1) is 11.3 Å². The number of amides is 1. The summed E-state index contributed by atoms with van der Waals surface area (Å²) in [6.07, 6.45) is 2.11. The second-order valence-electron chi connectivity index (χ2n) is 6.42. The molecule has 1 aromatic carbocycles. The van der Waals surface area contributed by atoms with Crippen LogP contribution in [-0.2, 0) is 14.3 Å². The van der Waals surface area contributed by atoms with E-state index in [2.05, 4.69) is 5.32 Å². The van der Waals surface area contributed by atoms with E-state index in [0.29, 0.717) is 11.5 Å². The van der Waals surface area contributed by atoms with E-state index in [1.54, 1.807) is 6.07 Å². The molecule has 0 heterocycles. The predicted octanol–water partition coefficient (Wildman–Crippen LogP) is 1.43. The van der Waals surface area contributed by atoms with E-state index in [0.717, 1.165) is 0 Å². The molecule has 0 radical (unpaired) electrons. The number of nitrogens with two attached hydrogens (primary N) is 1. The first-order valence-electron chi connectivity index (χ1n) is 9.40. The molecule has 0 saturated heterocycles. The summed E-state index contributed by atoms with van der Waals surface area (Å²) in [6, 6.07) is 3.56. The summed E-state index contributed by atoms with van der Waals surface area (Å²) in [7, 11) is 4.28. The first-order valence-corrected chi connectivity index (χ1v) is 10.8. The maximum absolute atomic E-state index is 12.8. The van der Waals surface area contributed by atoms with Crippen molar-refractivity contribution in [2.75, 3.05) is 39.9 Å². The number of nitrogens with zero attached hydrogens (tertiary/aromatic N) is 1. The molecule has 1 atom stereocenters. The van der Waals surface area contributed by atoms with Crippen LogP contribution in [-0.4, -0.2) is 63.6 Å². The van der Waals surface area contributed by atoms with Gasteiger partial charge in [0.2, 0.25) is 11.5 Å². The highest BCUT2D eigenvalue weighted by Gasteiger charge is 2.25. The number of rotatable bonds is 12. The van der Waals surface area contributed by atoms with Crippen molar-refractivity contribution in [3.63, 3.8) is 0 Å². The molecule has 1 amide bonds. The third-order valence-electron chi connectivity index (χ3n) is 4.26. The minimum atomic E-state index is -1.02. The SMILES string of the molecule is COc1cc(C(=O)NC(CCSC)C(=O)OCC(=O)/C(C#N)=C(\C)N)cc(OC)c1OC. The fraction of sp³-hybridized carbons (Fsp3) is 0.429. The van der Waals surface area contributed by atoms with Gasteiger partial charge < -0.3 is 30.0 Å². The molecule has 0 fully saturated rings. The summed E-state index contributed by atoms with van der Waals surface area (Å²) >= 11 is 1.47. The number of ketones is 1. The number of hydrogen-bond donors (Lipinski definition) is 2. The summed E-state index contributed by atoms with van der Waals surface area (Å²) in [5.74, 6) is -0.679. The second-order valence-corrected chi connectivity index (χ2v) is 7.41. The van der Waals surface area contributed by atoms with E-state index < -0.39 is 30.3 Å². The van der Waals surface area contributed by atoms with Gasteiger partial charge in [-0.2, -0.15) is 17.0 Å². The number of hydrogen-bond acceptors (Lipinski definition) is 10. The molecule has 1 unspecified atom stereocenters. The van der Waals surface area contributed by atoms with E-state index in [1.807, 2.05) is 6.26 Å². The van der Waals surface area contributed by atoms with Crippen LogP contribution < -0.4 is 25.3 Å². The Morgan fingerprint density at radius 3 is 2.19 bits per heavy atom. The molecule has 11 heteroatoms. The maximum Gasteiger partial charge on any atom is 0.329 e. The van der Waals surface area contributed by atoms with Crippen LogP contribution in [0.5, 0.6) is 17.2 Å². The van der Waals surface area contributed by atoms with Gasteiger partial charge in [0.15, 0.2) is 18.1 Å². The molecular formula is C21H27N3O7S. The molecule has 10 nitrogen and oxygen atoms in total. The number of esters is 1. The third kappa shape index (κ3) is 7.09. The lowest BCUT2D eigenvalue weighted by atomic mass is 10.1. The van der Waals surface area contributed by atoms with Crippen molar-refractivity contribution in [2.45, 2.75) is 19.4 Å². The predicted molar refractivity (Wildman–Crippen MR) is 119 cm³/mol. The number of benzene rings is 1. The highest BCUT2D eigenvalue weighted by molar-refractivity contribution is 7.98. The van der Waals surface area contributed by atoms with Crippen LogP contribution in [0.3, 0.4) is 0 Å². The van der Waals surface area contributed by atoms with Gasteiger partial charge in [-0.1, -0.05) is 0 Å². The molecule has 1 rings (SSSR count). The number of carbonyl (C=O) groups is 3. The van der Waals surface area contributed by atoms with E-state index in [-0.39, 0.29) is 34.8 Å². The smallest absolute Gasteiger partial charge is 0.329 e. The van der Waals surface area contributed by atoms with Crippen LogP contribution in [0.2, 0.25) is 0 Å². The Bertz CT molecular complexity index is 895. The Morgan fingerprint density at radius 1 is 1.16 bits per heavy atom. The number of methoxy groups -OCH3 is 3. The molecule has 0 spiro atoms. The van der Waals surface area contributed by atoms with Crippen molar-refractivity contribution in [1.29, 1.82) is 5.26 Å². The van der Waals surface area contributed by atoms with Gasteiger partial charge in [0, 0.05) is 11.3 Å². The Labute approximate surface area is 191 Å². The van der Waals surface area contributed by atoms with Gasteiger partial charge in [-0.3, -0.25) is 9.59 Å². The van der Waals surface area contributed by atoms with Gasteiger partial charge in [0.25, 0.3) is 5.91 Å². The number of Topliss-reactive ketones (excluding diaryl/α,β-unsaturated/α-hetero) is 1. The first-order chi connectivity index (χ1) is 15.2. The lowest BCUT2D eigenvalue weighted by Crippen LogP contribution is -2.42. The number of carbonyl (C=O) groups excluding carboxylic acids is 3. The van der Waals surface area contributed by atoms with Crippen molar-refractivity contribution >= 4 is 29.4 Å². The van der Waals surface area contributed by atoms with Crippen LogP contribution >= 0.6 is 11.8 Å². The molecule has 0 aliphatic heterocycles. The summed E-state index contributed by atoms with van der Waals surface area (Å²) in [5, 5.41) is 11.6. The molecule has 0 bridgehead atoms. The molecule has 0 saturated carbocycles. The van der Waals surface area contributed by atoms with Gasteiger partial charge in [0.1, 0.15) is 17.7 Å². The number of nitrogens with one attached hydrogen (secondary N) is 1. The van der Waals surface area contributed by atoms with Crippen LogP contribution in [0.25, 0.3) is 0 Å². The Morgan fingerprint density at radius 2 is 1.75 bits per heavy atom. The van der Waals surface area contributed by atoms with E-state index in [9.17, 15) is 14.4 Å². The van der Waals surface area contributed by atoms with Crippen LogP contribution in [0.4, 0.5) is 0 Å². The summed E-state index contributed by atoms with van der Waals surface area (Å²) in [4.78, 5) is 37.4. The Hall–Kier alpha value is -3.39. The zero-order chi connectivity index (χ0) is 24.3. The minimum Gasteiger partial charge on any atom is -0.493 e. The second kappa shape index (κ2) is 13.1. The van der Waals surface area contributed by atoms with Crippen molar-refractivity contribution in [3.8, 4) is 23.3 Å². The van der Waals surface area contributed by atoms with Crippen LogP contribution in [0.15, 0.2) is 23.4 Å². The molecule has 0 aliphatic carbocycles. The topological polar surface area (TPSA) is 150 Å². The molecule has 3 N–H and O–H groups in total. The van der Waals surface area contributed by atoms with Crippen molar-refractivity contribution < 1.29 is 33.3 Å². The summed E-state index contributed by atoms with van der Waals surface area (Å²) in [6.45, 7) is 0.739. The minimum absolute atomic E-state index is 0.0307. The van der Waals surface area contributed by atoms with Gasteiger partial charge in [-0.25, -0.2) is 4.79 Å². The zero-order valence-corrected chi connectivity index (χ0v) is 19.5. The highest BCUT2D eigenvalue weighted by Crippen LogP contribution is 2.38. The summed E-state index contributed by atoms with van der Waals surface area (Å²) in [5.41, 5.74) is 5.41.